The van der Waals surface area contributed by atoms with Crippen molar-refractivity contribution in [3.8, 4) is 0 Å². The molecule has 1 saturated heterocycles. The lowest BCUT2D eigenvalue weighted by molar-refractivity contribution is -0.126. The summed E-state index contributed by atoms with van der Waals surface area (Å²) in [6.45, 7) is 3.99. The number of carbonyl (C=O) groups is 1. The first kappa shape index (κ1) is 15.9. The second-order valence-electron chi connectivity index (χ2n) is 5.48. The third-order valence-electron chi connectivity index (χ3n) is 3.91. The van der Waals surface area contributed by atoms with Gasteiger partial charge in [0.15, 0.2) is 0 Å². The van der Waals surface area contributed by atoms with Gasteiger partial charge in [0.25, 0.3) is 0 Å². The Morgan fingerprint density at radius 2 is 2.29 bits per heavy atom. The highest BCUT2D eigenvalue weighted by molar-refractivity contribution is 5.82. The van der Waals surface area contributed by atoms with E-state index in [4.69, 9.17) is 0 Å². The molecule has 2 atom stereocenters. The minimum atomic E-state index is -1.02. The Morgan fingerprint density at radius 1 is 1.52 bits per heavy atom. The standard InChI is InChI=1S/C16H23FN2O2/c1-2-9-19-10-5-8-14(19)16(21)18-11-15(20)12-6-3-4-7-13(12)17/h3-4,6-7,14-15,20H,2,5,8-11H2,1H3,(H,18,21). The molecule has 2 N–H and O–H groups in total. The van der Waals surface area contributed by atoms with Gasteiger partial charge in [-0.1, -0.05) is 25.1 Å². The van der Waals surface area contributed by atoms with Gasteiger partial charge in [-0.25, -0.2) is 4.39 Å². The Hall–Kier alpha value is -1.46. The summed E-state index contributed by atoms with van der Waals surface area (Å²) in [6, 6.07) is 5.97. The Labute approximate surface area is 125 Å². The van der Waals surface area contributed by atoms with Crippen molar-refractivity contribution in [2.24, 2.45) is 0 Å². The molecule has 0 bridgehead atoms. The van der Waals surface area contributed by atoms with E-state index in [1.807, 2.05) is 0 Å². The molecule has 0 aliphatic carbocycles. The molecular weight excluding hydrogens is 271 g/mol. The molecule has 2 unspecified atom stereocenters. The van der Waals surface area contributed by atoms with Gasteiger partial charge in [0.05, 0.1) is 12.1 Å². The fourth-order valence-corrected chi connectivity index (χ4v) is 2.85. The number of hydrogen-bond acceptors (Lipinski definition) is 3. The first-order chi connectivity index (χ1) is 10.1. The van der Waals surface area contributed by atoms with Gasteiger partial charge in [-0.2, -0.15) is 0 Å². The van der Waals surface area contributed by atoms with Crippen molar-refractivity contribution in [1.29, 1.82) is 0 Å². The van der Waals surface area contributed by atoms with Crippen LogP contribution in [0, 0.1) is 5.82 Å². The summed E-state index contributed by atoms with van der Waals surface area (Å²) in [5.74, 6) is -0.524. The van der Waals surface area contributed by atoms with E-state index < -0.39 is 11.9 Å². The number of nitrogens with zero attached hydrogens (tertiary/aromatic N) is 1. The van der Waals surface area contributed by atoms with Crippen LogP contribution in [0.1, 0.15) is 37.9 Å². The Morgan fingerprint density at radius 3 is 3.00 bits per heavy atom. The fourth-order valence-electron chi connectivity index (χ4n) is 2.85. The van der Waals surface area contributed by atoms with Crippen molar-refractivity contribution in [1.82, 2.24) is 10.2 Å². The van der Waals surface area contributed by atoms with Crippen LogP contribution >= 0.6 is 0 Å². The minimum absolute atomic E-state index is 0.0379. The van der Waals surface area contributed by atoms with E-state index in [0.29, 0.717) is 0 Å². The van der Waals surface area contributed by atoms with Gasteiger partial charge in [-0.15, -0.1) is 0 Å². The molecule has 1 heterocycles. The Kier molecular flexibility index (Phi) is 5.70. The van der Waals surface area contributed by atoms with Gasteiger partial charge in [0, 0.05) is 12.1 Å². The quantitative estimate of drug-likeness (QED) is 0.842. The van der Waals surface area contributed by atoms with Crippen molar-refractivity contribution >= 4 is 5.91 Å². The molecule has 0 aromatic heterocycles. The fraction of sp³-hybridized carbons (Fsp3) is 0.562. The molecule has 1 amide bonds. The predicted octanol–water partition coefficient (Wildman–Crippen LogP) is 1.85. The molecule has 2 rings (SSSR count). The van der Waals surface area contributed by atoms with Crippen LogP contribution in [0.15, 0.2) is 24.3 Å². The largest absolute Gasteiger partial charge is 0.386 e. The van der Waals surface area contributed by atoms with E-state index in [0.717, 1.165) is 32.4 Å². The molecular formula is C16H23FN2O2. The second-order valence-corrected chi connectivity index (χ2v) is 5.48. The molecule has 1 fully saturated rings. The summed E-state index contributed by atoms with van der Waals surface area (Å²) < 4.78 is 13.5. The van der Waals surface area contributed by atoms with E-state index in [1.54, 1.807) is 12.1 Å². The zero-order valence-corrected chi connectivity index (χ0v) is 12.4. The van der Waals surface area contributed by atoms with Gasteiger partial charge in [-0.3, -0.25) is 9.69 Å². The molecule has 21 heavy (non-hydrogen) atoms. The lowest BCUT2D eigenvalue weighted by Crippen LogP contribution is -2.44. The summed E-state index contributed by atoms with van der Waals surface area (Å²) in [5.41, 5.74) is 0.217. The second kappa shape index (κ2) is 7.52. The summed E-state index contributed by atoms with van der Waals surface area (Å²) in [5, 5.41) is 12.7. The molecule has 1 aromatic carbocycles. The average Bonchev–Trinajstić information content (AvgIpc) is 2.93. The molecule has 0 spiro atoms. The molecule has 0 saturated carbocycles. The van der Waals surface area contributed by atoms with Gasteiger partial charge >= 0.3 is 0 Å². The molecule has 0 radical (unpaired) electrons. The van der Waals surface area contributed by atoms with E-state index in [-0.39, 0.29) is 24.1 Å². The molecule has 1 aliphatic rings. The number of halogens is 1. The molecule has 1 aromatic rings. The van der Waals surface area contributed by atoms with Crippen LogP contribution in [0.25, 0.3) is 0 Å². The van der Waals surface area contributed by atoms with E-state index in [1.165, 1.54) is 12.1 Å². The Balaban J connectivity index is 1.87. The van der Waals surface area contributed by atoms with Crippen molar-refractivity contribution in [3.05, 3.63) is 35.6 Å². The number of aliphatic hydroxyl groups is 1. The predicted molar refractivity (Wildman–Crippen MR) is 79.3 cm³/mol. The van der Waals surface area contributed by atoms with E-state index in [9.17, 15) is 14.3 Å². The maximum atomic E-state index is 13.5. The Bertz CT molecular complexity index is 481. The monoisotopic (exact) mass is 294 g/mol. The molecule has 4 nitrogen and oxygen atoms in total. The van der Waals surface area contributed by atoms with Crippen molar-refractivity contribution in [2.45, 2.75) is 38.3 Å². The number of likely N-dealkylation sites (tertiary alicyclic amines) is 1. The van der Waals surface area contributed by atoms with Crippen LogP contribution in [-0.4, -0.2) is 41.6 Å². The highest BCUT2D eigenvalue weighted by atomic mass is 19.1. The lowest BCUT2D eigenvalue weighted by Gasteiger charge is -2.23. The number of aliphatic hydroxyl groups excluding tert-OH is 1. The number of amides is 1. The van der Waals surface area contributed by atoms with Crippen LogP contribution in [-0.2, 0) is 4.79 Å². The maximum absolute atomic E-state index is 13.5. The van der Waals surface area contributed by atoms with E-state index >= 15 is 0 Å². The zero-order valence-electron chi connectivity index (χ0n) is 12.4. The highest BCUT2D eigenvalue weighted by Crippen LogP contribution is 2.19. The van der Waals surface area contributed by atoms with Crippen molar-refractivity contribution < 1.29 is 14.3 Å². The van der Waals surface area contributed by atoms with Crippen molar-refractivity contribution in [2.75, 3.05) is 19.6 Å². The number of hydrogen-bond donors (Lipinski definition) is 2. The summed E-state index contributed by atoms with van der Waals surface area (Å²) in [7, 11) is 0. The highest BCUT2D eigenvalue weighted by Gasteiger charge is 2.30. The van der Waals surface area contributed by atoms with Crippen LogP contribution < -0.4 is 5.32 Å². The summed E-state index contributed by atoms with van der Waals surface area (Å²) >= 11 is 0. The summed E-state index contributed by atoms with van der Waals surface area (Å²) in [4.78, 5) is 14.4. The normalized spacial score (nSPS) is 20.4. The van der Waals surface area contributed by atoms with E-state index in [2.05, 4.69) is 17.1 Å². The van der Waals surface area contributed by atoms with Gasteiger partial charge in [-0.05, 0) is 38.4 Å². The molecule has 116 valence electrons. The number of nitrogens with one attached hydrogen (secondary N) is 1. The molecule has 5 heteroatoms. The van der Waals surface area contributed by atoms with Crippen LogP contribution in [0.3, 0.4) is 0 Å². The number of carbonyl (C=O) groups excluding carboxylic acids is 1. The van der Waals surface area contributed by atoms with Crippen molar-refractivity contribution in [3.63, 3.8) is 0 Å². The van der Waals surface area contributed by atoms with Gasteiger partial charge in [0.2, 0.25) is 5.91 Å². The maximum Gasteiger partial charge on any atom is 0.237 e. The topological polar surface area (TPSA) is 52.6 Å². The van der Waals surface area contributed by atoms with Crippen LogP contribution in [0.2, 0.25) is 0 Å². The minimum Gasteiger partial charge on any atom is -0.386 e. The van der Waals surface area contributed by atoms with Crippen LogP contribution in [0.4, 0.5) is 4.39 Å². The number of rotatable bonds is 6. The third-order valence-corrected chi connectivity index (χ3v) is 3.91. The summed E-state index contributed by atoms with van der Waals surface area (Å²) in [6.07, 6.45) is 1.87. The first-order valence-electron chi connectivity index (χ1n) is 7.57. The SMILES string of the molecule is CCCN1CCCC1C(=O)NCC(O)c1ccccc1F. The smallest absolute Gasteiger partial charge is 0.237 e. The molecule has 1 aliphatic heterocycles. The third kappa shape index (κ3) is 4.02. The van der Waals surface area contributed by atoms with Gasteiger partial charge < -0.3 is 10.4 Å². The zero-order chi connectivity index (χ0) is 15.2. The number of benzene rings is 1. The average molecular weight is 294 g/mol. The van der Waals surface area contributed by atoms with Gasteiger partial charge in [0.1, 0.15) is 5.82 Å². The lowest BCUT2D eigenvalue weighted by atomic mass is 10.1. The first-order valence-corrected chi connectivity index (χ1v) is 7.57. The van der Waals surface area contributed by atoms with Crippen LogP contribution in [0.5, 0.6) is 0 Å².